The molecule has 0 aliphatic rings. The Bertz CT molecular complexity index is 429. The van der Waals surface area contributed by atoms with Gasteiger partial charge < -0.3 is 5.73 Å². The lowest BCUT2D eigenvalue weighted by atomic mass is 10.1. The number of halogens is 2. The molecule has 15 heavy (non-hydrogen) atoms. The number of hydrogen-bond donors (Lipinski definition) is 1. The molecular formula is C10H10Br2N2S. The molecule has 0 bridgehead atoms. The first-order chi connectivity index (χ1) is 7.10. The maximum atomic E-state index is 8.98. The van der Waals surface area contributed by atoms with E-state index in [0.29, 0.717) is 11.3 Å². The summed E-state index contributed by atoms with van der Waals surface area (Å²) in [6.07, 6.45) is 1.65. The zero-order valence-electron chi connectivity index (χ0n) is 8.18. The van der Waals surface area contributed by atoms with Gasteiger partial charge >= 0.3 is 0 Å². The van der Waals surface area contributed by atoms with Crippen molar-refractivity contribution in [3.63, 3.8) is 0 Å². The molecular weight excluding hydrogens is 340 g/mol. The highest BCUT2D eigenvalue weighted by atomic mass is 79.9. The summed E-state index contributed by atoms with van der Waals surface area (Å²) in [6.45, 7) is 2.03. The topological polar surface area (TPSA) is 49.8 Å². The van der Waals surface area contributed by atoms with Crippen molar-refractivity contribution in [2.24, 2.45) is 5.73 Å². The third-order valence-corrected chi connectivity index (χ3v) is 4.25. The third-order valence-electron chi connectivity index (χ3n) is 1.91. The van der Waals surface area contributed by atoms with Crippen LogP contribution in [0.3, 0.4) is 0 Å². The van der Waals surface area contributed by atoms with Gasteiger partial charge in [-0.15, -0.1) is 11.3 Å². The van der Waals surface area contributed by atoms with E-state index in [0.717, 1.165) is 26.0 Å². The van der Waals surface area contributed by atoms with Gasteiger partial charge in [0.15, 0.2) is 0 Å². The Kier molecular flexibility index (Phi) is 4.84. The molecule has 1 aromatic rings. The summed E-state index contributed by atoms with van der Waals surface area (Å²) in [5, 5.41) is 8.98. The second-order valence-electron chi connectivity index (χ2n) is 2.99. The molecule has 5 heteroatoms. The fraction of sp³-hybridized carbons (Fsp3) is 0.300. The van der Waals surface area contributed by atoms with Gasteiger partial charge in [0.1, 0.15) is 0 Å². The highest BCUT2D eigenvalue weighted by molar-refractivity contribution is 9.12. The van der Waals surface area contributed by atoms with E-state index in [9.17, 15) is 0 Å². The number of allylic oxidation sites excluding steroid dienone is 1. The molecule has 1 rings (SSSR count). The van der Waals surface area contributed by atoms with Crippen LogP contribution in [0, 0.1) is 11.3 Å². The van der Waals surface area contributed by atoms with Gasteiger partial charge in [-0.3, -0.25) is 0 Å². The zero-order chi connectivity index (χ0) is 11.4. The lowest BCUT2D eigenvalue weighted by Gasteiger charge is -2.03. The van der Waals surface area contributed by atoms with Crippen molar-refractivity contribution in [3.05, 3.63) is 24.8 Å². The fourth-order valence-corrected chi connectivity index (χ4v) is 4.03. The van der Waals surface area contributed by atoms with Crippen molar-refractivity contribution in [3.8, 4) is 6.07 Å². The first-order valence-electron chi connectivity index (χ1n) is 4.44. The van der Waals surface area contributed by atoms with Crippen LogP contribution >= 0.6 is 43.2 Å². The number of hydrogen-bond acceptors (Lipinski definition) is 3. The van der Waals surface area contributed by atoms with Crippen LogP contribution in [0.2, 0.25) is 0 Å². The number of nitriles is 1. The monoisotopic (exact) mass is 348 g/mol. The Hall–Kier alpha value is -0.310. The van der Waals surface area contributed by atoms with Crippen LogP contribution in [0.25, 0.3) is 5.70 Å². The van der Waals surface area contributed by atoms with Gasteiger partial charge in [-0.1, -0.05) is 13.3 Å². The SMILES string of the molecule is CCC/C(C#N)=C(/N)c1cc(Br)sc1Br. The fourth-order valence-electron chi connectivity index (χ4n) is 1.19. The van der Waals surface area contributed by atoms with E-state index < -0.39 is 0 Å². The molecule has 1 heterocycles. The minimum atomic E-state index is 0.577. The summed E-state index contributed by atoms with van der Waals surface area (Å²) < 4.78 is 1.96. The molecule has 2 N–H and O–H groups in total. The predicted octanol–water partition coefficient (Wildman–Crippen LogP) is 4.27. The van der Waals surface area contributed by atoms with Gasteiger partial charge in [0.25, 0.3) is 0 Å². The standard InChI is InChI=1S/C10H10Br2N2S/c1-2-3-6(5-13)9(14)7-4-8(11)15-10(7)12/h4H,2-3,14H2,1H3/b9-6-. The molecule has 0 unspecified atom stereocenters. The summed E-state index contributed by atoms with van der Waals surface area (Å²) in [6, 6.07) is 4.09. The van der Waals surface area contributed by atoms with Crippen LogP contribution in [0.1, 0.15) is 25.3 Å². The van der Waals surface area contributed by atoms with Crippen molar-refractivity contribution in [2.45, 2.75) is 19.8 Å². The average molecular weight is 350 g/mol. The Morgan fingerprint density at radius 3 is 2.67 bits per heavy atom. The van der Waals surface area contributed by atoms with Gasteiger partial charge in [0, 0.05) is 5.56 Å². The molecule has 0 aliphatic heterocycles. The lowest BCUT2D eigenvalue weighted by Crippen LogP contribution is -2.00. The van der Waals surface area contributed by atoms with Crippen molar-refractivity contribution in [1.29, 1.82) is 5.26 Å². The second kappa shape index (κ2) is 5.69. The predicted molar refractivity (Wildman–Crippen MR) is 71.3 cm³/mol. The lowest BCUT2D eigenvalue weighted by molar-refractivity contribution is 0.929. The quantitative estimate of drug-likeness (QED) is 0.828. The molecule has 80 valence electrons. The van der Waals surface area contributed by atoms with Crippen molar-refractivity contribution in [1.82, 2.24) is 0 Å². The maximum absolute atomic E-state index is 8.98. The highest BCUT2D eigenvalue weighted by Crippen LogP contribution is 2.35. The van der Waals surface area contributed by atoms with Crippen LogP contribution in [0.4, 0.5) is 0 Å². The summed E-state index contributed by atoms with van der Waals surface area (Å²) in [4.78, 5) is 0. The molecule has 0 amide bonds. The normalized spacial score (nSPS) is 12.1. The Balaban J connectivity index is 3.17. The average Bonchev–Trinajstić information content (AvgIpc) is 2.53. The molecule has 0 saturated carbocycles. The van der Waals surface area contributed by atoms with E-state index in [1.165, 1.54) is 0 Å². The molecule has 2 nitrogen and oxygen atoms in total. The van der Waals surface area contributed by atoms with Gasteiger partial charge in [-0.2, -0.15) is 5.26 Å². The zero-order valence-corrected chi connectivity index (χ0v) is 12.2. The maximum Gasteiger partial charge on any atom is 0.0968 e. The Morgan fingerprint density at radius 2 is 2.27 bits per heavy atom. The largest absolute Gasteiger partial charge is 0.397 e. The molecule has 0 aromatic carbocycles. The Morgan fingerprint density at radius 1 is 1.60 bits per heavy atom. The van der Waals surface area contributed by atoms with Gasteiger partial charge in [0.2, 0.25) is 0 Å². The number of nitrogens with two attached hydrogens (primary N) is 1. The van der Waals surface area contributed by atoms with Crippen LogP contribution in [-0.4, -0.2) is 0 Å². The van der Waals surface area contributed by atoms with Crippen LogP contribution in [-0.2, 0) is 0 Å². The number of thiophene rings is 1. The van der Waals surface area contributed by atoms with Crippen molar-refractivity contribution < 1.29 is 0 Å². The molecule has 0 spiro atoms. The summed E-state index contributed by atoms with van der Waals surface area (Å²) in [5.74, 6) is 0. The van der Waals surface area contributed by atoms with E-state index in [1.54, 1.807) is 11.3 Å². The van der Waals surface area contributed by atoms with E-state index in [4.69, 9.17) is 11.0 Å². The molecule has 1 aromatic heterocycles. The minimum Gasteiger partial charge on any atom is -0.397 e. The van der Waals surface area contributed by atoms with Gasteiger partial charge in [0.05, 0.1) is 24.9 Å². The molecule has 0 atom stereocenters. The van der Waals surface area contributed by atoms with Gasteiger partial charge in [-0.05, 0) is 44.3 Å². The highest BCUT2D eigenvalue weighted by Gasteiger charge is 2.11. The summed E-state index contributed by atoms with van der Waals surface area (Å²) in [5.41, 5.74) is 8.10. The Labute approximate surface area is 110 Å². The van der Waals surface area contributed by atoms with E-state index in [1.807, 2.05) is 13.0 Å². The van der Waals surface area contributed by atoms with Crippen LogP contribution < -0.4 is 5.73 Å². The van der Waals surface area contributed by atoms with Crippen LogP contribution in [0.15, 0.2) is 19.2 Å². The first kappa shape index (κ1) is 12.8. The van der Waals surface area contributed by atoms with Crippen molar-refractivity contribution >= 4 is 48.9 Å². The smallest absolute Gasteiger partial charge is 0.0968 e. The van der Waals surface area contributed by atoms with E-state index >= 15 is 0 Å². The second-order valence-corrected chi connectivity index (χ2v) is 6.74. The molecule has 0 radical (unpaired) electrons. The summed E-state index contributed by atoms with van der Waals surface area (Å²) in [7, 11) is 0. The number of rotatable bonds is 3. The van der Waals surface area contributed by atoms with Crippen molar-refractivity contribution in [2.75, 3.05) is 0 Å². The van der Waals surface area contributed by atoms with E-state index in [-0.39, 0.29) is 0 Å². The summed E-state index contributed by atoms with van der Waals surface area (Å²) >= 11 is 8.37. The first-order valence-corrected chi connectivity index (χ1v) is 6.84. The molecule has 0 saturated heterocycles. The van der Waals surface area contributed by atoms with Gasteiger partial charge in [-0.25, -0.2) is 0 Å². The third kappa shape index (κ3) is 3.07. The van der Waals surface area contributed by atoms with E-state index in [2.05, 4.69) is 37.9 Å². The minimum absolute atomic E-state index is 0.577. The molecule has 0 aliphatic carbocycles. The molecule has 0 fully saturated rings. The number of nitrogens with zero attached hydrogens (tertiary/aromatic N) is 1. The van der Waals surface area contributed by atoms with Crippen LogP contribution in [0.5, 0.6) is 0 Å².